The molecule has 0 saturated carbocycles. The summed E-state index contributed by atoms with van der Waals surface area (Å²) in [5.41, 5.74) is 0. The van der Waals surface area contributed by atoms with E-state index in [1.807, 2.05) is 0 Å². The zero-order valence-electron chi connectivity index (χ0n) is 11.4. The number of aliphatic imine (C=N–C) groups is 1. The molecule has 2 rings (SSSR count). The van der Waals surface area contributed by atoms with Gasteiger partial charge >= 0.3 is 6.55 Å². The maximum Gasteiger partial charge on any atom is 0.319 e. The standard InChI is InChI=1S/C12H19F2N5O/c1-15-12(17-7-9-3-2-6-20-9)18-8-10-16-4-5-19(10)11(13)14/h4-5,9,11H,2-3,6-8H2,1H3,(H2,15,17,18). The van der Waals surface area contributed by atoms with E-state index in [2.05, 4.69) is 20.6 Å². The van der Waals surface area contributed by atoms with Gasteiger partial charge in [0.25, 0.3) is 0 Å². The second-order valence-electron chi connectivity index (χ2n) is 4.47. The minimum Gasteiger partial charge on any atom is -0.376 e. The summed E-state index contributed by atoms with van der Waals surface area (Å²) in [6.45, 7) is -0.952. The topological polar surface area (TPSA) is 63.5 Å². The van der Waals surface area contributed by atoms with Crippen LogP contribution in [0.15, 0.2) is 17.4 Å². The number of guanidine groups is 1. The van der Waals surface area contributed by atoms with E-state index >= 15 is 0 Å². The van der Waals surface area contributed by atoms with Crippen LogP contribution in [-0.2, 0) is 11.3 Å². The molecule has 0 radical (unpaired) electrons. The molecule has 0 amide bonds. The summed E-state index contributed by atoms with van der Waals surface area (Å²) in [6, 6.07) is 0. The Labute approximate surface area is 116 Å². The van der Waals surface area contributed by atoms with Gasteiger partial charge in [-0.05, 0) is 12.8 Å². The van der Waals surface area contributed by atoms with E-state index in [-0.39, 0.29) is 18.5 Å². The van der Waals surface area contributed by atoms with E-state index in [4.69, 9.17) is 4.74 Å². The monoisotopic (exact) mass is 287 g/mol. The number of imidazole rings is 1. The molecule has 1 unspecified atom stereocenters. The molecule has 1 aliphatic heterocycles. The molecular formula is C12H19F2N5O. The van der Waals surface area contributed by atoms with Gasteiger partial charge in [-0.25, -0.2) is 4.98 Å². The third kappa shape index (κ3) is 3.89. The van der Waals surface area contributed by atoms with Crippen molar-refractivity contribution in [3.8, 4) is 0 Å². The first-order valence-corrected chi connectivity index (χ1v) is 6.56. The van der Waals surface area contributed by atoms with Crippen LogP contribution in [0, 0.1) is 0 Å². The lowest BCUT2D eigenvalue weighted by molar-refractivity contribution is 0.0668. The Morgan fingerprint density at radius 1 is 1.60 bits per heavy atom. The summed E-state index contributed by atoms with van der Waals surface area (Å²) >= 11 is 0. The van der Waals surface area contributed by atoms with Crippen molar-refractivity contribution in [1.82, 2.24) is 20.2 Å². The first-order valence-electron chi connectivity index (χ1n) is 6.56. The lowest BCUT2D eigenvalue weighted by atomic mass is 10.2. The van der Waals surface area contributed by atoms with E-state index in [1.165, 1.54) is 12.4 Å². The second kappa shape index (κ2) is 7.18. The number of ether oxygens (including phenoxy) is 1. The molecule has 6 nitrogen and oxygen atoms in total. The Bertz CT molecular complexity index is 443. The van der Waals surface area contributed by atoms with Gasteiger partial charge in [-0.2, -0.15) is 8.78 Å². The molecule has 1 aromatic rings. The fourth-order valence-electron chi connectivity index (χ4n) is 2.06. The van der Waals surface area contributed by atoms with Crippen LogP contribution in [0.3, 0.4) is 0 Å². The number of nitrogens with zero attached hydrogens (tertiary/aromatic N) is 3. The molecule has 0 bridgehead atoms. The van der Waals surface area contributed by atoms with E-state index in [9.17, 15) is 8.78 Å². The quantitative estimate of drug-likeness (QED) is 0.629. The van der Waals surface area contributed by atoms with Gasteiger partial charge in [0.2, 0.25) is 0 Å². The van der Waals surface area contributed by atoms with Crippen LogP contribution in [0.5, 0.6) is 0 Å². The number of hydrogen-bond donors (Lipinski definition) is 2. The summed E-state index contributed by atoms with van der Waals surface area (Å²) in [7, 11) is 1.63. The molecule has 2 heterocycles. The third-order valence-corrected chi connectivity index (χ3v) is 3.12. The largest absolute Gasteiger partial charge is 0.376 e. The van der Waals surface area contributed by atoms with Crippen molar-refractivity contribution in [2.75, 3.05) is 20.2 Å². The Hall–Kier alpha value is -1.70. The van der Waals surface area contributed by atoms with Crippen LogP contribution in [0.2, 0.25) is 0 Å². The normalized spacial score (nSPS) is 19.6. The lowest BCUT2D eigenvalue weighted by Gasteiger charge is -2.15. The highest BCUT2D eigenvalue weighted by atomic mass is 19.3. The van der Waals surface area contributed by atoms with Gasteiger partial charge in [-0.1, -0.05) is 0 Å². The lowest BCUT2D eigenvalue weighted by Crippen LogP contribution is -2.41. The van der Waals surface area contributed by atoms with E-state index < -0.39 is 6.55 Å². The highest BCUT2D eigenvalue weighted by Gasteiger charge is 2.16. The smallest absolute Gasteiger partial charge is 0.319 e. The molecule has 1 atom stereocenters. The zero-order chi connectivity index (χ0) is 14.4. The van der Waals surface area contributed by atoms with Crippen molar-refractivity contribution >= 4 is 5.96 Å². The van der Waals surface area contributed by atoms with Gasteiger partial charge in [-0.15, -0.1) is 0 Å². The van der Waals surface area contributed by atoms with Crippen LogP contribution in [0.25, 0.3) is 0 Å². The molecule has 1 fully saturated rings. The Morgan fingerprint density at radius 2 is 2.45 bits per heavy atom. The second-order valence-corrected chi connectivity index (χ2v) is 4.47. The van der Waals surface area contributed by atoms with Gasteiger partial charge in [-0.3, -0.25) is 9.56 Å². The Balaban J connectivity index is 1.79. The molecule has 0 spiro atoms. The van der Waals surface area contributed by atoms with Crippen LogP contribution in [0.1, 0.15) is 25.2 Å². The third-order valence-electron chi connectivity index (χ3n) is 3.12. The van der Waals surface area contributed by atoms with Crippen molar-refractivity contribution < 1.29 is 13.5 Å². The number of hydrogen-bond acceptors (Lipinski definition) is 3. The van der Waals surface area contributed by atoms with Crippen molar-refractivity contribution in [3.05, 3.63) is 18.2 Å². The summed E-state index contributed by atoms with van der Waals surface area (Å²) < 4.78 is 31.6. The van der Waals surface area contributed by atoms with Gasteiger partial charge in [0.05, 0.1) is 12.6 Å². The average Bonchev–Trinajstić information content (AvgIpc) is 3.09. The average molecular weight is 287 g/mol. The molecular weight excluding hydrogens is 268 g/mol. The summed E-state index contributed by atoms with van der Waals surface area (Å²) in [5, 5.41) is 6.07. The Morgan fingerprint density at radius 3 is 3.10 bits per heavy atom. The van der Waals surface area contributed by atoms with Crippen LogP contribution in [-0.4, -0.2) is 41.8 Å². The van der Waals surface area contributed by atoms with Gasteiger partial charge < -0.3 is 15.4 Å². The maximum absolute atomic E-state index is 12.7. The summed E-state index contributed by atoms with van der Waals surface area (Å²) in [4.78, 5) is 7.93. The molecule has 2 N–H and O–H groups in total. The van der Waals surface area contributed by atoms with Gasteiger partial charge in [0, 0.05) is 32.6 Å². The minimum absolute atomic E-state index is 0.183. The number of alkyl halides is 2. The van der Waals surface area contributed by atoms with Crippen LogP contribution >= 0.6 is 0 Å². The number of rotatable bonds is 5. The van der Waals surface area contributed by atoms with Crippen molar-refractivity contribution in [1.29, 1.82) is 0 Å². The van der Waals surface area contributed by atoms with Gasteiger partial charge in [0.15, 0.2) is 5.96 Å². The Kier molecular flexibility index (Phi) is 5.28. The van der Waals surface area contributed by atoms with Gasteiger partial charge in [0.1, 0.15) is 5.82 Å². The maximum atomic E-state index is 12.7. The molecule has 1 saturated heterocycles. The predicted molar refractivity (Wildman–Crippen MR) is 70.7 cm³/mol. The van der Waals surface area contributed by atoms with Crippen molar-refractivity contribution in [3.63, 3.8) is 0 Å². The highest BCUT2D eigenvalue weighted by molar-refractivity contribution is 5.79. The fraction of sp³-hybridized carbons (Fsp3) is 0.667. The van der Waals surface area contributed by atoms with E-state index in [0.717, 1.165) is 24.0 Å². The fourth-order valence-corrected chi connectivity index (χ4v) is 2.06. The van der Waals surface area contributed by atoms with Crippen LogP contribution < -0.4 is 10.6 Å². The number of nitrogens with one attached hydrogen (secondary N) is 2. The molecule has 112 valence electrons. The molecule has 0 aliphatic carbocycles. The SMILES string of the molecule is CN=C(NCc1nccn1C(F)F)NCC1CCCO1. The van der Waals surface area contributed by atoms with Crippen molar-refractivity contribution in [2.45, 2.75) is 32.0 Å². The molecule has 1 aliphatic rings. The predicted octanol–water partition coefficient (Wildman–Crippen LogP) is 1.12. The van der Waals surface area contributed by atoms with E-state index in [0.29, 0.717) is 12.5 Å². The molecule has 8 heteroatoms. The number of halogens is 2. The molecule has 20 heavy (non-hydrogen) atoms. The zero-order valence-corrected chi connectivity index (χ0v) is 11.4. The first-order chi connectivity index (χ1) is 9.70. The number of aromatic nitrogens is 2. The highest BCUT2D eigenvalue weighted by Crippen LogP contribution is 2.12. The molecule has 1 aromatic heterocycles. The van der Waals surface area contributed by atoms with E-state index in [1.54, 1.807) is 7.05 Å². The first kappa shape index (κ1) is 14.7. The molecule has 0 aromatic carbocycles. The summed E-state index contributed by atoms with van der Waals surface area (Å²) in [6.07, 6.45) is 4.90. The summed E-state index contributed by atoms with van der Waals surface area (Å²) in [5.74, 6) is 0.810. The minimum atomic E-state index is -2.59. The van der Waals surface area contributed by atoms with Crippen LogP contribution in [0.4, 0.5) is 8.78 Å². The van der Waals surface area contributed by atoms with Crippen molar-refractivity contribution in [2.24, 2.45) is 4.99 Å².